The number of benzene rings is 1. The van der Waals surface area contributed by atoms with Gasteiger partial charge in [0.1, 0.15) is 0 Å². The molecule has 0 atom stereocenters. The van der Waals surface area contributed by atoms with E-state index in [1.54, 1.807) is 12.1 Å². The molecule has 1 aromatic carbocycles. The number of hydrogen-bond acceptors (Lipinski definition) is 5. The summed E-state index contributed by atoms with van der Waals surface area (Å²) in [5, 5.41) is 12.5. The highest BCUT2D eigenvalue weighted by Crippen LogP contribution is 2.23. The van der Waals surface area contributed by atoms with Crippen LogP contribution in [0.3, 0.4) is 0 Å². The lowest BCUT2D eigenvalue weighted by molar-refractivity contribution is -0.148. The molecule has 108 valence electrons. The first-order chi connectivity index (χ1) is 10.1. The number of carbonyl (C=O) groups excluding carboxylic acids is 2. The van der Waals surface area contributed by atoms with Crippen molar-refractivity contribution in [3.63, 3.8) is 0 Å². The molecule has 0 saturated heterocycles. The molecule has 1 heterocycles. The zero-order valence-electron chi connectivity index (χ0n) is 11.0. The maximum atomic E-state index is 11.7. The standard InChI is InChI=1S/C15H13NO4S/c17-11(8-12(18)15(19)20)13-6-7-14(21-13)16-9-10-4-2-1-3-5-10/h1-7,16H,8-9H2,(H,19,20). The van der Waals surface area contributed by atoms with Gasteiger partial charge in [0.15, 0.2) is 5.78 Å². The van der Waals surface area contributed by atoms with E-state index in [-0.39, 0.29) is 0 Å². The predicted octanol–water partition coefficient (Wildman–Crippen LogP) is 2.59. The summed E-state index contributed by atoms with van der Waals surface area (Å²) in [7, 11) is 0. The van der Waals surface area contributed by atoms with E-state index in [2.05, 4.69) is 5.32 Å². The molecule has 0 amide bonds. The Morgan fingerprint density at radius 1 is 1.05 bits per heavy atom. The van der Waals surface area contributed by atoms with Gasteiger partial charge in [-0.15, -0.1) is 11.3 Å². The molecule has 0 unspecified atom stereocenters. The van der Waals surface area contributed by atoms with Crippen molar-refractivity contribution < 1.29 is 19.5 Å². The second kappa shape index (κ2) is 6.81. The molecule has 1 aromatic heterocycles. The van der Waals surface area contributed by atoms with Crippen LogP contribution in [0.25, 0.3) is 0 Å². The largest absolute Gasteiger partial charge is 0.475 e. The number of carboxylic acids is 1. The van der Waals surface area contributed by atoms with Crippen LogP contribution in [0, 0.1) is 0 Å². The Kier molecular flexibility index (Phi) is 4.84. The summed E-state index contributed by atoms with van der Waals surface area (Å²) in [6.07, 6.45) is -0.603. The van der Waals surface area contributed by atoms with E-state index in [0.29, 0.717) is 11.4 Å². The SMILES string of the molecule is O=C(O)C(=O)CC(=O)c1ccc(NCc2ccccc2)s1. The number of carboxylic acid groups (broad SMARTS) is 1. The van der Waals surface area contributed by atoms with Crippen molar-refractivity contribution in [3.8, 4) is 0 Å². The molecule has 0 aliphatic heterocycles. The molecule has 6 heteroatoms. The summed E-state index contributed by atoms with van der Waals surface area (Å²) >= 11 is 1.21. The smallest absolute Gasteiger partial charge is 0.372 e. The Morgan fingerprint density at radius 2 is 1.76 bits per heavy atom. The fourth-order valence-electron chi connectivity index (χ4n) is 1.68. The third-order valence-corrected chi connectivity index (χ3v) is 3.83. The normalized spacial score (nSPS) is 10.1. The molecular formula is C15H13NO4S. The number of thiophene rings is 1. The number of nitrogens with one attached hydrogen (secondary N) is 1. The molecule has 0 radical (unpaired) electrons. The first-order valence-corrected chi connectivity index (χ1v) is 7.05. The van der Waals surface area contributed by atoms with Crippen LogP contribution in [-0.2, 0) is 16.1 Å². The summed E-state index contributed by atoms with van der Waals surface area (Å²) in [5.74, 6) is -3.14. The van der Waals surface area contributed by atoms with Gasteiger partial charge < -0.3 is 10.4 Å². The lowest BCUT2D eigenvalue weighted by atomic mass is 10.2. The maximum absolute atomic E-state index is 11.7. The van der Waals surface area contributed by atoms with E-state index in [4.69, 9.17) is 5.11 Å². The molecule has 0 saturated carbocycles. The topological polar surface area (TPSA) is 83.5 Å². The third-order valence-electron chi connectivity index (χ3n) is 2.75. The van der Waals surface area contributed by atoms with Gasteiger partial charge in [0.05, 0.1) is 16.3 Å². The summed E-state index contributed by atoms with van der Waals surface area (Å²) < 4.78 is 0. The Labute approximate surface area is 125 Å². The Hall–Kier alpha value is -2.47. The quantitative estimate of drug-likeness (QED) is 0.466. The van der Waals surface area contributed by atoms with Crippen LogP contribution in [-0.4, -0.2) is 22.6 Å². The van der Waals surface area contributed by atoms with Crippen molar-refractivity contribution in [3.05, 3.63) is 52.9 Å². The minimum absolute atomic E-state index is 0.375. The maximum Gasteiger partial charge on any atom is 0.372 e. The number of ketones is 2. The van der Waals surface area contributed by atoms with Crippen LogP contribution >= 0.6 is 11.3 Å². The molecule has 0 bridgehead atoms. The number of anilines is 1. The third kappa shape index (κ3) is 4.25. The van der Waals surface area contributed by atoms with Gasteiger partial charge in [0, 0.05) is 6.54 Å². The van der Waals surface area contributed by atoms with Crippen molar-refractivity contribution >= 4 is 33.9 Å². The zero-order valence-corrected chi connectivity index (χ0v) is 11.9. The lowest BCUT2D eigenvalue weighted by Crippen LogP contribution is -2.16. The van der Waals surface area contributed by atoms with Crippen molar-refractivity contribution in [2.75, 3.05) is 5.32 Å². The van der Waals surface area contributed by atoms with Crippen molar-refractivity contribution in [2.24, 2.45) is 0 Å². The second-order valence-electron chi connectivity index (χ2n) is 4.33. The van der Waals surface area contributed by atoms with Crippen molar-refractivity contribution in [1.82, 2.24) is 0 Å². The fourth-order valence-corrected chi connectivity index (χ4v) is 2.52. The Balaban J connectivity index is 1.93. The van der Waals surface area contributed by atoms with Gasteiger partial charge in [0.25, 0.3) is 0 Å². The molecular weight excluding hydrogens is 290 g/mol. The van der Waals surface area contributed by atoms with Gasteiger partial charge in [0.2, 0.25) is 5.78 Å². The van der Waals surface area contributed by atoms with Crippen LogP contribution in [0.4, 0.5) is 5.00 Å². The van der Waals surface area contributed by atoms with Gasteiger partial charge >= 0.3 is 5.97 Å². The predicted molar refractivity (Wildman–Crippen MR) is 79.7 cm³/mol. The first kappa shape index (κ1) is 14.9. The molecule has 5 nitrogen and oxygen atoms in total. The molecule has 2 N–H and O–H groups in total. The molecule has 2 rings (SSSR count). The van der Waals surface area contributed by atoms with Crippen LogP contribution < -0.4 is 5.32 Å². The number of hydrogen-bond donors (Lipinski definition) is 2. The van der Waals surface area contributed by atoms with E-state index in [1.165, 1.54) is 11.3 Å². The van der Waals surface area contributed by atoms with E-state index in [1.807, 2.05) is 30.3 Å². The summed E-state index contributed by atoms with van der Waals surface area (Å²) in [6.45, 7) is 0.628. The molecule has 2 aromatic rings. The highest BCUT2D eigenvalue weighted by atomic mass is 32.1. The van der Waals surface area contributed by atoms with Gasteiger partial charge in [-0.2, -0.15) is 0 Å². The van der Waals surface area contributed by atoms with Gasteiger partial charge in [-0.25, -0.2) is 4.79 Å². The number of carbonyl (C=O) groups is 3. The van der Waals surface area contributed by atoms with Crippen LogP contribution in [0.5, 0.6) is 0 Å². The Bertz CT molecular complexity index is 663. The Morgan fingerprint density at radius 3 is 2.43 bits per heavy atom. The highest BCUT2D eigenvalue weighted by Gasteiger charge is 2.19. The van der Waals surface area contributed by atoms with Crippen molar-refractivity contribution in [1.29, 1.82) is 0 Å². The van der Waals surface area contributed by atoms with Gasteiger partial charge in [-0.3, -0.25) is 9.59 Å². The summed E-state index contributed by atoms with van der Waals surface area (Å²) in [5.41, 5.74) is 1.11. The van der Waals surface area contributed by atoms with E-state index < -0.39 is 24.0 Å². The molecule has 0 spiro atoms. The number of aliphatic carboxylic acids is 1. The monoisotopic (exact) mass is 303 g/mol. The number of rotatable bonds is 7. The van der Waals surface area contributed by atoms with Gasteiger partial charge in [-0.05, 0) is 17.7 Å². The molecule has 0 fully saturated rings. The highest BCUT2D eigenvalue weighted by molar-refractivity contribution is 7.18. The minimum atomic E-state index is -1.58. The average Bonchev–Trinajstić information content (AvgIpc) is 2.95. The van der Waals surface area contributed by atoms with E-state index in [0.717, 1.165) is 10.6 Å². The average molecular weight is 303 g/mol. The molecule has 21 heavy (non-hydrogen) atoms. The number of Topliss-reactive ketones (excluding diaryl/α,β-unsaturated/α-hetero) is 2. The lowest BCUT2D eigenvalue weighted by Gasteiger charge is -2.02. The molecule has 0 aliphatic rings. The van der Waals surface area contributed by atoms with Crippen molar-refractivity contribution in [2.45, 2.75) is 13.0 Å². The van der Waals surface area contributed by atoms with Crippen LogP contribution in [0.2, 0.25) is 0 Å². The first-order valence-electron chi connectivity index (χ1n) is 6.23. The fraction of sp³-hybridized carbons (Fsp3) is 0.133. The second-order valence-corrected chi connectivity index (χ2v) is 5.42. The van der Waals surface area contributed by atoms with E-state index in [9.17, 15) is 14.4 Å². The van der Waals surface area contributed by atoms with Crippen LogP contribution in [0.15, 0.2) is 42.5 Å². The zero-order chi connectivity index (χ0) is 15.2. The van der Waals surface area contributed by atoms with E-state index >= 15 is 0 Å². The van der Waals surface area contributed by atoms with Crippen LogP contribution in [0.1, 0.15) is 21.7 Å². The molecule has 0 aliphatic carbocycles. The summed E-state index contributed by atoms with van der Waals surface area (Å²) in [4.78, 5) is 33.6. The van der Waals surface area contributed by atoms with Gasteiger partial charge in [-0.1, -0.05) is 30.3 Å². The summed E-state index contributed by atoms with van der Waals surface area (Å²) in [6, 6.07) is 13.1. The minimum Gasteiger partial charge on any atom is -0.475 e.